The minimum absolute atomic E-state index is 0.0658. The predicted molar refractivity (Wildman–Crippen MR) is 71.0 cm³/mol. The monoisotopic (exact) mass is 251 g/mol. The van der Waals surface area contributed by atoms with Crippen LogP contribution in [-0.2, 0) is 4.74 Å². The second kappa shape index (κ2) is 6.30. The normalized spacial score (nSPS) is 25.3. The van der Waals surface area contributed by atoms with Gasteiger partial charge >= 0.3 is 0 Å². The molecule has 0 aromatic heterocycles. The molecule has 1 aliphatic heterocycles. The van der Waals surface area contributed by atoms with Crippen LogP contribution in [0.1, 0.15) is 38.3 Å². The molecule has 2 rings (SSSR count). The van der Waals surface area contributed by atoms with Crippen LogP contribution in [0.2, 0.25) is 0 Å². The van der Waals surface area contributed by atoms with Gasteiger partial charge in [0, 0.05) is 17.5 Å². The summed E-state index contributed by atoms with van der Waals surface area (Å²) in [6.07, 6.45) is 2.33. The molecular formula is C15H22FNO. The molecule has 3 heteroatoms. The highest BCUT2D eigenvalue weighted by molar-refractivity contribution is 5.22. The van der Waals surface area contributed by atoms with Gasteiger partial charge in [-0.15, -0.1) is 0 Å². The van der Waals surface area contributed by atoms with E-state index in [-0.39, 0.29) is 18.0 Å². The first-order chi connectivity index (χ1) is 8.72. The van der Waals surface area contributed by atoms with E-state index < -0.39 is 0 Å². The van der Waals surface area contributed by atoms with Gasteiger partial charge in [0.05, 0.1) is 12.7 Å². The molecule has 1 aliphatic rings. The molecule has 1 aromatic rings. The van der Waals surface area contributed by atoms with E-state index in [1.165, 1.54) is 6.07 Å². The minimum atomic E-state index is -0.120. The first-order valence-electron chi connectivity index (χ1n) is 6.81. The fourth-order valence-electron chi connectivity index (χ4n) is 2.64. The number of nitrogens with one attached hydrogen (secondary N) is 1. The molecule has 1 aromatic carbocycles. The average Bonchev–Trinajstić information content (AvgIpc) is 2.78. The lowest BCUT2D eigenvalue weighted by molar-refractivity contribution is 0.116. The Morgan fingerprint density at radius 3 is 2.83 bits per heavy atom. The molecular weight excluding hydrogens is 229 g/mol. The van der Waals surface area contributed by atoms with Crippen LogP contribution in [0.3, 0.4) is 0 Å². The zero-order chi connectivity index (χ0) is 13.0. The van der Waals surface area contributed by atoms with E-state index in [0.29, 0.717) is 5.92 Å². The Bertz CT molecular complexity index is 383. The number of benzene rings is 1. The van der Waals surface area contributed by atoms with Crippen molar-refractivity contribution >= 4 is 0 Å². The van der Waals surface area contributed by atoms with Crippen LogP contribution >= 0.6 is 0 Å². The molecule has 18 heavy (non-hydrogen) atoms. The third-order valence-corrected chi connectivity index (χ3v) is 3.56. The number of hydrogen-bond acceptors (Lipinski definition) is 2. The maximum atomic E-state index is 13.9. The number of hydrogen-bond donors (Lipinski definition) is 1. The molecule has 1 N–H and O–H groups in total. The van der Waals surface area contributed by atoms with Crippen molar-refractivity contribution in [3.63, 3.8) is 0 Å². The number of halogens is 1. The van der Waals surface area contributed by atoms with Crippen molar-refractivity contribution in [3.05, 3.63) is 35.6 Å². The van der Waals surface area contributed by atoms with Gasteiger partial charge in [0.1, 0.15) is 5.82 Å². The summed E-state index contributed by atoms with van der Waals surface area (Å²) in [7, 11) is 0. The van der Waals surface area contributed by atoms with Gasteiger partial charge in [-0.1, -0.05) is 25.1 Å². The molecule has 3 atom stereocenters. The zero-order valence-corrected chi connectivity index (χ0v) is 11.2. The molecule has 2 nitrogen and oxygen atoms in total. The molecule has 1 saturated heterocycles. The largest absolute Gasteiger partial charge is 0.378 e. The van der Waals surface area contributed by atoms with E-state index >= 15 is 0 Å². The molecule has 0 spiro atoms. The second-order valence-corrected chi connectivity index (χ2v) is 5.09. The fraction of sp³-hybridized carbons (Fsp3) is 0.600. The van der Waals surface area contributed by atoms with Gasteiger partial charge in [-0.2, -0.15) is 0 Å². The van der Waals surface area contributed by atoms with Crippen molar-refractivity contribution < 1.29 is 9.13 Å². The van der Waals surface area contributed by atoms with E-state index in [0.717, 1.165) is 31.6 Å². The smallest absolute Gasteiger partial charge is 0.127 e. The van der Waals surface area contributed by atoms with Crippen molar-refractivity contribution in [2.75, 3.05) is 13.2 Å². The summed E-state index contributed by atoms with van der Waals surface area (Å²) < 4.78 is 19.6. The highest BCUT2D eigenvalue weighted by atomic mass is 19.1. The lowest BCUT2D eigenvalue weighted by atomic mass is 9.90. The fourth-order valence-corrected chi connectivity index (χ4v) is 2.64. The Morgan fingerprint density at radius 2 is 2.22 bits per heavy atom. The summed E-state index contributed by atoms with van der Waals surface area (Å²) >= 11 is 0. The number of ether oxygens (including phenoxy) is 1. The summed E-state index contributed by atoms with van der Waals surface area (Å²) in [5.41, 5.74) is 0.772. The SMILES string of the molecule is CCCNC(c1ccccc1F)C1COC(C)C1. The molecule has 1 fully saturated rings. The Hall–Kier alpha value is -0.930. The maximum absolute atomic E-state index is 13.9. The van der Waals surface area contributed by atoms with Gasteiger partial charge in [-0.3, -0.25) is 0 Å². The van der Waals surface area contributed by atoms with Gasteiger partial charge in [-0.05, 0) is 32.4 Å². The molecule has 100 valence electrons. The van der Waals surface area contributed by atoms with Gasteiger partial charge < -0.3 is 10.1 Å². The summed E-state index contributed by atoms with van der Waals surface area (Å²) in [6, 6.07) is 7.12. The van der Waals surface area contributed by atoms with E-state index in [9.17, 15) is 4.39 Å². The molecule has 0 saturated carbocycles. The molecule has 0 aliphatic carbocycles. The standard InChI is InChI=1S/C15H22FNO/c1-3-8-17-15(12-9-11(2)18-10-12)13-6-4-5-7-14(13)16/h4-7,11-12,15,17H,3,8-10H2,1-2H3. The van der Waals surface area contributed by atoms with Crippen molar-refractivity contribution in [3.8, 4) is 0 Å². The molecule has 0 radical (unpaired) electrons. The van der Waals surface area contributed by atoms with E-state index in [1.807, 2.05) is 12.1 Å². The van der Waals surface area contributed by atoms with Crippen LogP contribution in [0.4, 0.5) is 4.39 Å². The van der Waals surface area contributed by atoms with Crippen molar-refractivity contribution in [2.45, 2.75) is 38.8 Å². The maximum Gasteiger partial charge on any atom is 0.127 e. The molecule has 0 bridgehead atoms. The predicted octanol–water partition coefficient (Wildman–Crippen LogP) is 3.29. The second-order valence-electron chi connectivity index (χ2n) is 5.09. The summed E-state index contributed by atoms with van der Waals surface area (Å²) in [4.78, 5) is 0. The average molecular weight is 251 g/mol. The Morgan fingerprint density at radius 1 is 1.44 bits per heavy atom. The molecule has 3 unspecified atom stereocenters. The van der Waals surface area contributed by atoms with E-state index in [1.54, 1.807) is 6.07 Å². The molecule has 1 heterocycles. The van der Waals surface area contributed by atoms with Gasteiger partial charge in [0.15, 0.2) is 0 Å². The number of rotatable bonds is 5. The minimum Gasteiger partial charge on any atom is -0.378 e. The van der Waals surface area contributed by atoms with Crippen LogP contribution in [0.15, 0.2) is 24.3 Å². The van der Waals surface area contributed by atoms with Crippen LogP contribution in [-0.4, -0.2) is 19.3 Å². The Labute approximate surface area is 109 Å². The third-order valence-electron chi connectivity index (χ3n) is 3.56. The highest BCUT2D eigenvalue weighted by Crippen LogP contribution is 2.32. The van der Waals surface area contributed by atoms with Crippen molar-refractivity contribution in [1.29, 1.82) is 0 Å². The Balaban J connectivity index is 2.17. The van der Waals surface area contributed by atoms with Crippen LogP contribution in [0.5, 0.6) is 0 Å². The van der Waals surface area contributed by atoms with E-state index in [2.05, 4.69) is 19.2 Å². The molecule has 0 amide bonds. The Kier molecular flexibility index (Phi) is 4.72. The summed E-state index contributed by atoms with van der Waals surface area (Å²) in [5, 5.41) is 3.47. The van der Waals surface area contributed by atoms with Crippen molar-refractivity contribution in [2.24, 2.45) is 5.92 Å². The highest BCUT2D eigenvalue weighted by Gasteiger charge is 2.31. The van der Waals surface area contributed by atoms with Gasteiger partial charge in [-0.25, -0.2) is 4.39 Å². The lowest BCUT2D eigenvalue weighted by Crippen LogP contribution is -2.30. The van der Waals surface area contributed by atoms with Gasteiger partial charge in [0.2, 0.25) is 0 Å². The third kappa shape index (κ3) is 3.09. The zero-order valence-electron chi connectivity index (χ0n) is 11.2. The first kappa shape index (κ1) is 13.5. The van der Waals surface area contributed by atoms with Gasteiger partial charge in [0.25, 0.3) is 0 Å². The topological polar surface area (TPSA) is 21.3 Å². The van der Waals surface area contributed by atoms with Crippen LogP contribution in [0.25, 0.3) is 0 Å². The van der Waals surface area contributed by atoms with E-state index in [4.69, 9.17) is 4.74 Å². The van der Waals surface area contributed by atoms with Crippen molar-refractivity contribution in [1.82, 2.24) is 5.32 Å². The first-order valence-corrected chi connectivity index (χ1v) is 6.81. The summed E-state index contributed by atoms with van der Waals surface area (Å²) in [5.74, 6) is 0.245. The van der Waals surface area contributed by atoms with Crippen LogP contribution < -0.4 is 5.32 Å². The van der Waals surface area contributed by atoms with Crippen LogP contribution in [0, 0.1) is 11.7 Å². The quantitative estimate of drug-likeness (QED) is 0.867. The lowest BCUT2D eigenvalue weighted by Gasteiger charge is -2.24. The summed E-state index contributed by atoms with van der Waals surface area (Å²) in [6.45, 7) is 5.83.